The number of carbonyl (C=O) groups is 1. The molecule has 2 amide bonds. The second-order valence-electron chi connectivity index (χ2n) is 8.01. The van der Waals surface area contributed by atoms with Gasteiger partial charge in [-0.3, -0.25) is 0 Å². The normalized spacial score (nSPS) is 16.0. The summed E-state index contributed by atoms with van der Waals surface area (Å²) < 4.78 is 32.9. The van der Waals surface area contributed by atoms with Crippen LogP contribution in [0.4, 0.5) is 19.3 Å². The van der Waals surface area contributed by atoms with Crippen LogP contribution in [0.5, 0.6) is 0 Å². The van der Waals surface area contributed by atoms with Crippen LogP contribution in [0.25, 0.3) is 22.2 Å². The largest absolute Gasteiger partial charge is 0.438 e. The van der Waals surface area contributed by atoms with Crippen LogP contribution in [-0.4, -0.2) is 22.5 Å². The highest BCUT2D eigenvalue weighted by molar-refractivity contribution is 5.90. The lowest BCUT2D eigenvalue weighted by atomic mass is 10.1. The lowest BCUT2D eigenvalue weighted by Crippen LogP contribution is -2.34. The summed E-state index contributed by atoms with van der Waals surface area (Å²) in [6, 6.07) is 16.3. The fourth-order valence-electron chi connectivity index (χ4n) is 4.04. The monoisotopic (exact) mass is 433 g/mol. The average molecular weight is 433 g/mol. The van der Waals surface area contributed by atoms with Gasteiger partial charge in [0.05, 0.1) is 0 Å². The Morgan fingerprint density at radius 3 is 2.56 bits per heavy atom. The first kappa shape index (κ1) is 20.2. The van der Waals surface area contributed by atoms with Crippen LogP contribution in [0, 0.1) is 18.6 Å². The first-order chi connectivity index (χ1) is 15.5. The molecule has 3 aromatic carbocycles. The molecule has 1 atom stereocenters. The molecule has 1 aromatic heterocycles. The Kier molecular flexibility index (Phi) is 5.09. The highest BCUT2D eigenvalue weighted by Crippen LogP contribution is 2.35. The van der Waals surface area contributed by atoms with E-state index in [0.717, 1.165) is 36.2 Å². The van der Waals surface area contributed by atoms with Gasteiger partial charge < -0.3 is 14.6 Å². The highest BCUT2D eigenvalue weighted by atomic mass is 19.2. The number of rotatable bonds is 3. The van der Waals surface area contributed by atoms with Crippen LogP contribution in [0.3, 0.4) is 0 Å². The number of halogens is 2. The minimum atomic E-state index is -0.898. The van der Waals surface area contributed by atoms with Gasteiger partial charge in [0, 0.05) is 12.2 Å². The van der Waals surface area contributed by atoms with E-state index in [1.807, 2.05) is 31.2 Å². The summed E-state index contributed by atoms with van der Waals surface area (Å²) in [5.74, 6) is -1.31. The Balaban J connectivity index is 1.40. The molecular formula is C25H21F2N3O2. The molecule has 1 fully saturated rings. The van der Waals surface area contributed by atoms with Crippen molar-refractivity contribution in [3.8, 4) is 11.1 Å². The SMILES string of the molecule is Cc1ccc(NC(=O)N2CCC[C@H]2c2nc3cc(-c4ccc(F)c(F)c4)ccc3o2)cc1. The van der Waals surface area contributed by atoms with Gasteiger partial charge in [-0.2, -0.15) is 0 Å². The second kappa shape index (κ2) is 8.07. The number of anilines is 1. The molecular weight excluding hydrogens is 412 g/mol. The summed E-state index contributed by atoms with van der Waals surface area (Å²) in [7, 11) is 0. The Hall–Kier alpha value is -3.74. The molecule has 1 aliphatic heterocycles. The Morgan fingerprint density at radius 1 is 1.03 bits per heavy atom. The van der Waals surface area contributed by atoms with Crippen LogP contribution in [0.1, 0.15) is 30.3 Å². The van der Waals surface area contributed by atoms with E-state index in [2.05, 4.69) is 10.3 Å². The van der Waals surface area contributed by atoms with Crippen LogP contribution in [0.2, 0.25) is 0 Å². The number of hydrogen-bond acceptors (Lipinski definition) is 3. The molecule has 0 saturated carbocycles. The summed E-state index contributed by atoms with van der Waals surface area (Å²) in [6.07, 6.45) is 1.61. The molecule has 0 aliphatic carbocycles. The van der Waals surface area contributed by atoms with Crippen LogP contribution in [-0.2, 0) is 0 Å². The number of hydrogen-bond donors (Lipinski definition) is 1. The van der Waals surface area contributed by atoms with Crippen molar-refractivity contribution in [1.82, 2.24) is 9.88 Å². The van der Waals surface area contributed by atoms with Gasteiger partial charge in [-0.1, -0.05) is 29.8 Å². The molecule has 4 aromatic rings. The molecule has 0 radical (unpaired) electrons. The molecule has 2 heterocycles. The van der Waals surface area contributed by atoms with E-state index in [-0.39, 0.29) is 12.1 Å². The third-order valence-corrected chi connectivity index (χ3v) is 5.76. The van der Waals surface area contributed by atoms with Gasteiger partial charge >= 0.3 is 6.03 Å². The van der Waals surface area contributed by atoms with Gasteiger partial charge in [-0.15, -0.1) is 0 Å². The quantitative estimate of drug-likeness (QED) is 0.404. The fraction of sp³-hybridized carbons (Fsp3) is 0.200. The van der Waals surface area contributed by atoms with Gasteiger partial charge in [0.15, 0.2) is 17.2 Å². The molecule has 7 heteroatoms. The van der Waals surface area contributed by atoms with Crippen molar-refractivity contribution in [3.05, 3.63) is 83.8 Å². The summed E-state index contributed by atoms with van der Waals surface area (Å²) in [5.41, 5.74) is 4.30. The molecule has 162 valence electrons. The predicted molar refractivity (Wildman–Crippen MR) is 118 cm³/mol. The third kappa shape index (κ3) is 3.82. The molecule has 0 spiro atoms. The number of benzene rings is 3. The van der Waals surface area contributed by atoms with Gasteiger partial charge in [0.2, 0.25) is 5.89 Å². The number of likely N-dealkylation sites (tertiary alicyclic amines) is 1. The molecule has 1 N–H and O–H groups in total. The zero-order chi connectivity index (χ0) is 22.2. The maximum Gasteiger partial charge on any atom is 0.322 e. The number of amides is 2. The number of oxazole rings is 1. The number of carbonyl (C=O) groups excluding carboxylic acids is 1. The van der Waals surface area contributed by atoms with Crippen molar-refractivity contribution in [1.29, 1.82) is 0 Å². The minimum Gasteiger partial charge on any atom is -0.438 e. The van der Waals surface area contributed by atoms with Crippen molar-refractivity contribution in [2.75, 3.05) is 11.9 Å². The van der Waals surface area contributed by atoms with Crippen molar-refractivity contribution < 1.29 is 18.0 Å². The molecule has 32 heavy (non-hydrogen) atoms. The minimum absolute atomic E-state index is 0.193. The maximum atomic E-state index is 13.6. The molecule has 1 saturated heterocycles. The molecule has 5 nitrogen and oxygen atoms in total. The van der Waals surface area contributed by atoms with Crippen molar-refractivity contribution in [2.45, 2.75) is 25.8 Å². The van der Waals surface area contributed by atoms with E-state index >= 15 is 0 Å². The van der Waals surface area contributed by atoms with E-state index < -0.39 is 11.6 Å². The zero-order valence-corrected chi connectivity index (χ0v) is 17.4. The molecule has 0 bridgehead atoms. The van der Waals surface area contributed by atoms with Gasteiger partial charge in [-0.25, -0.2) is 18.6 Å². The number of urea groups is 1. The number of aryl methyl sites for hydroxylation is 1. The summed E-state index contributed by atoms with van der Waals surface area (Å²) in [4.78, 5) is 19.2. The van der Waals surface area contributed by atoms with Crippen molar-refractivity contribution >= 4 is 22.8 Å². The van der Waals surface area contributed by atoms with E-state index in [9.17, 15) is 13.6 Å². The first-order valence-electron chi connectivity index (χ1n) is 10.5. The van der Waals surface area contributed by atoms with E-state index in [1.54, 1.807) is 23.1 Å². The summed E-state index contributed by atoms with van der Waals surface area (Å²) in [6.45, 7) is 2.61. The Bertz CT molecular complexity index is 1300. The van der Waals surface area contributed by atoms with E-state index in [0.29, 0.717) is 34.7 Å². The standard InChI is InChI=1S/C25H21F2N3O2/c1-15-4-8-18(9-5-15)28-25(31)30-12-2-3-22(30)24-29-21-14-17(7-11-23(21)32-24)16-6-10-19(26)20(27)13-16/h4-11,13-14,22H,2-3,12H2,1H3,(H,28,31)/t22-/m0/s1. The van der Waals surface area contributed by atoms with Crippen LogP contribution in [0.15, 0.2) is 65.1 Å². The topological polar surface area (TPSA) is 58.4 Å². The lowest BCUT2D eigenvalue weighted by Gasteiger charge is -2.22. The summed E-state index contributed by atoms with van der Waals surface area (Å²) in [5, 5.41) is 2.94. The van der Waals surface area contributed by atoms with Crippen LogP contribution >= 0.6 is 0 Å². The number of aromatic nitrogens is 1. The van der Waals surface area contributed by atoms with Crippen molar-refractivity contribution in [3.63, 3.8) is 0 Å². The van der Waals surface area contributed by atoms with Crippen molar-refractivity contribution in [2.24, 2.45) is 0 Å². The van der Waals surface area contributed by atoms with Gasteiger partial charge in [0.1, 0.15) is 11.6 Å². The first-order valence-corrected chi connectivity index (χ1v) is 10.5. The lowest BCUT2D eigenvalue weighted by molar-refractivity contribution is 0.199. The second-order valence-corrected chi connectivity index (χ2v) is 8.01. The summed E-state index contributed by atoms with van der Waals surface area (Å²) >= 11 is 0. The number of fused-ring (bicyclic) bond motifs is 1. The molecule has 5 rings (SSSR count). The Morgan fingerprint density at radius 2 is 1.78 bits per heavy atom. The van der Waals surface area contributed by atoms with Gasteiger partial charge in [-0.05, 0) is 67.3 Å². The fourth-order valence-corrected chi connectivity index (χ4v) is 4.04. The third-order valence-electron chi connectivity index (χ3n) is 5.76. The molecule has 1 aliphatic rings. The smallest absolute Gasteiger partial charge is 0.322 e. The zero-order valence-electron chi connectivity index (χ0n) is 17.4. The van der Waals surface area contributed by atoms with E-state index in [4.69, 9.17) is 4.42 Å². The maximum absolute atomic E-state index is 13.6. The number of nitrogens with zero attached hydrogens (tertiary/aromatic N) is 2. The predicted octanol–water partition coefficient (Wildman–Crippen LogP) is 6.45. The Labute approximate surface area is 183 Å². The average Bonchev–Trinajstić information content (AvgIpc) is 3.43. The molecule has 0 unspecified atom stereocenters. The highest BCUT2D eigenvalue weighted by Gasteiger charge is 2.33. The van der Waals surface area contributed by atoms with Crippen LogP contribution < -0.4 is 5.32 Å². The number of nitrogens with one attached hydrogen (secondary N) is 1. The van der Waals surface area contributed by atoms with Gasteiger partial charge in [0.25, 0.3) is 0 Å². The van der Waals surface area contributed by atoms with E-state index in [1.165, 1.54) is 6.07 Å².